The second-order valence-electron chi connectivity index (χ2n) is 10.9. The van der Waals surface area contributed by atoms with E-state index in [2.05, 4.69) is 4.74 Å². The lowest BCUT2D eigenvalue weighted by Crippen LogP contribution is -2.29. The van der Waals surface area contributed by atoms with Gasteiger partial charge in [0, 0.05) is 5.39 Å². The standard InChI is InChI=1S/C16H19NO4.C10H18O5/c1-10-7-6-8-12-11(10)9-13(14(18)20-5)17(12)15(19)21-16(2,3)4;1-9(2,3)14-7(11)13-8(12)15-10(4,5)6/h6-9H,1-5H3;1-6H3. The van der Waals surface area contributed by atoms with Crippen LogP contribution in [0.5, 0.6) is 0 Å². The first kappa shape index (κ1) is 30.5. The Hall–Kier alpha value is -3.56. The molecule has 10 heteroatoms. The molecule has 1 aromatic heterocycles. The van der Waals surface area contributed by atoms with Crippen molar-refractivity contribution in [1.82, 2.24) is 4.57 Å². The highest BCUT2D eigenvalue weighted by molar-refractivity contribution is 6.02. The average Bonchev–Trinajstić information content (AvgIpc) is 3.04. The number of benzene rings is 1. The minimum atomic E-state index is -1.06. The Morgan fingerprint density at radius 1 is 0.750 bits per heavy atom. The number of carbonyl (C=O) groups excluding carboxylic acids is 4. The van der Waals surface area contributed by atoms with Gasteiger partial charge in [-0.3, -0.25) is 0 Å². The molecule has 36 heavy (non-hydrogen) atoms. The minimum absolute atomic E-state index is 0.163. The molecule has 0 aliphatic carbocycles. The van der Waals surface area contributed by atoms with Gasteiger partial charge in [0.1, 0.15) is 22.5 Å². The van der Waals surface area contributed by atoms with Gasteiger partial charge in [0.15, 0.2) is 0 Å². The number of hydrogen-bond acceptors (Lipinski definition) is 9. The molecule has 1 aromatic carbocycles. The fraction of sp³-hybridized carbons (Fsp3) is 0.538. The number of rotatable bonds is 1. The molecule has 0 N–H and O–H groups in total. The number of methoxy groups -OCH3 is 1. The van der Waals surface area contributed by atoms with Crippen LogP contribution in [0.4, 0.5) is 14.4 Å². The molecule has 10 nitrogen and oxygen atoms in total. The van der Waals surface area contributed by atoms with Gasteiger partial charge in [-0.15, -0.1) is 0 Å². The average molecular weight is 508 g/mol. The van der Waals surface area contributed by atoms with E-state index in [-0.39, 0.29) is 5.69 Å². The first-order valence-electron chi connectivity index (χ1n) is 11.3. The lowest BCUT2D eigenvalue weighted by Gasteiger charge is -2.20. The summed E-state index contributed by atoms with van der Waals surface area (Å²) in [5.41, 5.74) is -0.274. The third-order valence-electron chi connectivity index (χ3n) is 3.98. The highest BCUT2D eigenvalue weighted by Gasteiger charge is 2.26. The van der Waals surface area contributed by atoms with E-state index in [4.69, 9.17) is 18.9 Å². The van der Waals surface area contributed by atoms with E-state index in [1.807, 2.05) is 19.1 Å². The van der Waals surface area contributed by atoms with Crippen LogP contribution in [-0.2, 0) is 23.7 Å². The van der Waals surface area contributed by atoms with Crippen LogP contribution in [0.2, 0.25) is 0 Å². The molecule has 0 atom stereocenters. The van der Waals surface area contributed by atoms with Crippen molar-refractivity contribution in [2.75, 3.05) is 7.11 Å². The van der Waals surface area contributed by atoms with Gasteiger partial charge >= 0.3 is 24.4 Å². The number of nitrogens with zero attached hydrogens (tertiary/aromatic N) is 1. The molecule has 200 valence electrons. The first-order chi connectivity index (χ1) is 16.2. The summed E-state index contributed by atoms with van der Waals surface area (Å²) in [5.74, 6) is -0.573. The summed E-state index contributed by atoms with van der Waals surface area (Å²) >= 11 is 0. The number of hydrogen-bond donors (Lipinski definition) is 0. The van der Waals surface area contributed by atoms with E-state index >= 15 is 0 Å². The largest absolute Gasteiger partial charge is 0.519 e. The van der Waals surface area contributed by atoms with Crippen molar-refractivity contribution in [2.45, 2.75) is 86.0 Å². The molecule has 2 aromatic rings. The topological polar surface area (TPSA) is 119 Å². The van der Waals surface area contributed by atoms with Crippen LogP contribution < -0.4 is 0 Å². The zero-order valence-electron chi connectivity index (χ0n) is 22.9. The summed E-state index contributed by atoms with van der Waals surface area (Å²) in [7, 11) is 1.28. The lowest BCUT2D eigenvalue weighted by molar-refractivity contribution is -0.0294. The zero-order valence-corrected chi connectivity index (χ0v) is 22.9. The predicted octanol–water partition coefficient (Wildman–Crippen LogP) is 6.39. The van der Waals surface area contributed by atoms with Crippen LogP contribution >= 0.6 is 0 Å². The SMILES string of the molecule is CC(C)(C)OC(=O)OC(=O)OC(C)(C)C.COC(=O)c1cc2c(C)cccc2n1C(=O)OC(C)(C)C. The molecule has 0 spiro atoms. The molecule has 0 saturated heterocycles. The van der Waals surface area contributed by atoms with Crippen LogP contribution in [0.1, 0.15) is 78.4 Å². The number of carbonyl (C=O) groups is 4. The molecule has 0 fully saturated rings. The third-order valence-corrected chi connectivity index (χ3v) is 3.98. The molecule has 0 saturated carbocycles. The van der Waals surface area contributed by atoms with Gasteiger partial charge in [0.05, 0.1) is 12.6 Å². The summed E-state index contributed by atoms with van der Waals surface area (Å²) in [6.45, 7) is 17.3. The minimum Gasteiger partial charge on any atom is -0.464 e. The monoisotopic (exact) mass is 507 g/mol. The third kappa shape index (κ3) is 9.97. The van der Waals surface area contributed by atoms with Crippen LogP contribution in [-0.4, -0.2) is 52.9 Å². The summed E-state index contributed by atoms with van der Waals surface area (Å²) in [6.07, 6.45) is -2.71. The van der Waals surface area contributed by atoms with Crippen molar-refractivity contribution in [3.05, 3.63) is 35.5 Å². The van der Waals surface area contributed by atoms with Crippen LogP contribution in [0.15, 0.2) is 24.3 Å². The maximum absolute atomic E-state index is 12.4. The first-order valence-corrected chi connectivity index (χ1v) is 11.3. The van der Waals surface area contributed by atoms with Gasteiger partial charge in [-0.05, 0) is 86.9 Å². The summed E-state index contributed by atoms with van der Waals surface area (Å²) < 4.78 is 25.2. The van der Waals surface area contributed by atoms with Crippen molar-refractivity contribution in [3.8, 4) is 0 Å². The fourth-order valence-corrected chi connectivity index (χ4v) is 2.75. The van der Waals surface area contributed by atoms with E-state index in [1.165, 1.54) is 11.7 Å². The second-order valence-corrected chi connectivity index (χ2v) is 10.9. The number of fused-ring (bicyclic) bond motifs is 1. The van der Waals surface area contributed by atoms with Gasteiger partial charge in [-0.1, -0.05) is 12.1 Å². The molecule has 0 unspecified atom stereocenters. The Bertz CT molecular complexity index is 1080. The molecule has 1 heterocycles. The van der Waals surface area contributed by atoms with E-state index in [9.17, 15) is 19.2 Å². The van der Waals surface area contributed by atoms with Crippen LogP contribution in [0, 0.1) is 6.92 Å². The Balaban J connectivity index is 0.000000384. The molecule has 0 aliphatic rings. The molecule has 0 radical (unpaired) electrons. The molecular weight excluding hydrogens is 470 g/mol. The van der Waals surface area contributed by atoms with Crippen LogP contribution in [0.3, 0.4) is 0 Å². The molecular formula is C26H37NO9. The van der Waals surface area contributed by atoms with Crippen molar-refractivity contribution >= 4 is 35.3 Å². The van der Waals surface area contributed by atoms with Crippen molar-refractivity contribution in [2.24, 2.45) is 0 Å². The van der Waals surface area contributed by atoms with Gasteiger partial charge in [-0.2, -0.15) is 0 Å². The summed E-state index contributed by atoms with van der Waals surface area (Å²) in [5, 5.41) is 0.823. The van der Waals surface area contributed by atoms with E-state index in [1.54, 1.807) is 74.4 Å². The Morgan fingerprint density at radius 2 is 1.22 bits per heavy atom. The van der Waals surface area contributed by atoms with E-state index in [0.717, 1.165) is 10.9 Å². The number of aromatic nitrogens is 1. The zero-order chi connectivity index (χ0) is 28.1. The second kappa shape index (κ2) is 11.5. The van der Waals surface area contributed by atoms with Crippen molar-refractivity contribution in [3.63, 3.8) is 0 Å². The van der Waals surface area contributed by atoms with Gasteiger partial charge in [0.25, 0.3) is 0 Å². The normalized spacial score (nSPS) is 11.6. The maximum atomic E-state index is 12.4. The van der Waals surface area contributed by atoms with Crippen molar-refractivity contribution in [1.29, 1.82) is 0 Å². The van der Waals surface area contributed by atoms with Crippen LogP contribution in [0.25, 0.3) is 10.9 Å². The smallest absolute Gasteiger partial charge is 0.464 e. The maximum Gasteiger partial charge on any atom is 0.519 e. The quantitative estimate of drug-likeness (QED) is 0.245. The van der Waals surface area contributed by atoms with E-state index < -0.39 is 41.2 Å². The molecule has 2 rings (SSSR count). The Kier molecular flexibility index (Phi) is 9.69. The molecule has 0 bridgehead atoms. The van der Waals surface area contributed by atoms with E-state index in [0.29, 0.717) is 5.52 Å². The van der Waals surface area contributed by atoms with Crippen molar-refractivity contribution < 1.29 is 42.9 Å². The van der Waals surface area contributed by atoms with Gasteiger partial charge in [0.2, 0.25) is 0 Å². The van der Waals surface area contributed by atoms with Gasteiger partial charge < -0.3 is 23.7 Å². The highest BCUT2D eigenvalue weighted by Crippen LogP contribution is 2.25. The predicted molar refractivity (Wildman–Crippen MR) is 133 cm³/mol. The molecule has 0 amide bonds. The Labute approximate surface area is 211 Å². The highest BCUT2D eigenvalue weighted by atomic mass is 16.8. The number of esters is 1. The summed E-state index contributed by atoms with van der Waals surface area (Å²) in [4.78, 5) is 46.4. The number of ether oxygens (including phenoxy) is 5. The lowest BCUT2D eigenvalue weighted by atomic mass is 10.1. The Morgan fingerprint density at radius 3 is 1.64 bits per heavy atom. The van der Waals surface area contributed by atoms with Gasteiger partial charge in [-0.25, -0.2) is 23.7 Å². The number of aryl methyl sites for hydroxylation is 1. The summed E-state index contributed by atoms with van der Waals surface area (Å²) in [6, 6.07) is 7.18. The fourth-order valence-electron chi connectivity index (χ4n) is 2.75. The molecule has 0 aliphatic heterocycles.